The third kappa shape index (κ3) is 3.12. The summed E-state index contributed by atoms with van der Waals surface area (Å²) in [5.74, 6) is 1.15. The van der Waals surface area contributed by atoms with Gasteiger partial charge in [-0.3, -0.25) is 0 Å². The van der Waals surface area contributed by atoms with E-state index in [1.807, 2.05) is 23.9 Å². The van der Waals surface area contributed by atoms with Crippen LogP contribution in [0.5, 0.6) is 0 Å². The van der Waals surface area contributed by atoms with Crippen LogP contribution in [-0.4, -0.2) is 10.7 Å². The number of rotatable bonds is 5. The molecule has 2 aromatic carbocycles. The maximum absolute atomic E-state index is 6.03. The van der Waals surface area contributed by atoms with Gasteiger partial charge >= 0.3 is 0 Å². The lowest BCUT2D eigenvalue weighted by atomic mass is 10.0. The summed E-state index contributed by atoms with van der Waals surface area (Å²) in [6.45, 7) is 2.22. The van der Waals surface area contributed by atoms with Crippen LogP contribution in [-0.2, 0) is 0 Å². The summed E-state index contributed by atoms with van der Waals surface area (Å²) < 4.78 is 0. The number of benzene rings is 2. The van der Waals surface area contributed by atoms with Crippen LogP contribution in [0.25, 0.3) is 10.9 Å². The Labute approximate surface area is 134 Å². The van der Waals surface area contributed by atoms with Crippen LogP contribution in [0.3, 0.4) is 0 Å². The van der Waals surface area contributed by atoms with E-state index < -0.39 is 0 Å². The number of nitrogens with one attached hydrogen (secondary N) is 1. The molecule has 1 heterocycles. The van der Waals surface area contributed by atoms with Gasteiger partial charge in [-0.1, -0.05) is 48.9 Å². The van der Waals surface area contributed by atoms with Crippen molar-refractivity contribution < 1.29 is 0 Å². The molecular weight excluding hydrogens is 298 g/mol. The molecule has 0 fully saturated rings. The molecule has 3 rings (SSSR count). The highest BCUT2D eigenvalue weighted by molar-refractivity contribution is 7.99. The number of fused-ring (bicyclic) bond motifs is 1. The van der Waals surface area contributed by atoms with Gasteiger partial charge in [0.15, 0.2) is 0 Å². The molecule has 0 saturated heterocycles. The molecule has 0 bridgehead atoms. The monoisotopic (exact) mass is 315 g/mol. The third-order valence-corrected chi connectivity index (χ3v) is 5.32. The van der Waals surface area contributed by atoms with Crippen molar-refractivity contribution in [2.45, 2.75) is 18.6 Å². The molecular formula is C18H18ClNS. The van der Waals surface area contributed by atoms with Gasteiger partial charge in [0.25, 0.3) is 0 Å². The lowest BCUT2D eigenvalue weighted by molar-refractivity contribution is 1.08. The van der Waals surface area contributed by atoms with E-state index in [1.165, 1.54) is 28.5 Å². The number of aromatic amines is 1. The summed E-state index contributed by atoms with van der Waals surface area (Å²) in [5, 5.41) is 2.44. The molecule has 0 amide bonds. The minimum Gasteiger partial charge on any atom is -0.361 e. The van der Waals surface area contributed by atoms with Crippen molar-refractivity contribution in [3.63, 3.8) is 0 Å². The molecule has 1 N–H and O–H groups in total. The average molecular weight is 316 g/mol. The van der Waals surface area contributed by atoms with Crippen molar-refractivity contribution in [1.29, 1.82) is 0 Å². The fourth-order valence-electron chi connectivity index (χ4n) is 2.55. The summed E-state index contributed by atoms with van der Waals surface area (Å²) in [7, 11) is 0. The molecule has 0 radical (unpaired) electrons. The molecule has 0 spiro atoms. The van der Waals surface area contributed by atoms with Gasteiger partial charge in [-0.2, -0.15) is 0 Å². The molecule has 0 aliphatic carbocycles. The number of hydrogen-bond acceptors (Lipinski definition) is 1. The summed E-state index contributed by atoms with van der Waals surface area (Å²) in [5.41, 5.74) is 3.86. The van der Waals surface area contributed by atoms with Gasteiger partial charge in [-0.15, -0.1) is 11.8 Å². The number of hydrogen-bond donors (Lipinski definition) is 1. The fraction of sp³-hybridized carbons (Fsp3) is 0.222. The standard InChI is InChI=1S/C18H18ClNS/c1-2-11-21-18(13-7-9-14(19)10-8-13)16-12-20-17-6-4-3-5-15(16)17/h3-10,12,18,20H,2,11H2,1H3. The molecule has 21 heavy (non-hydrogen) atoms. The normalized spacial score (nSPS) is 12.7. The maximum atomic E-state index is 6.03. The van der Waals surface area contributed by atoms with Crippen LogP contribution in [0.15, 0.2) is 54.7 Å². The topological polar surface area (TPSA) is 15.8 Å². The Morgan fingerprint density at radius 1 is 1.10 bits per heavy atom. The third-order valence-electron chi connectivity index (χ3n) is 3.57. The van der Waals surface area contributed by atoms with Crippen molar-refractivity contribution in [3.8, 4) is 0 Å². The second kappa shape index (κ2) is 6.59. The first kappa shape index (κ1) is 14.6. The minimum atomic E-state index is 0.346. The van der Waals surface area contributed by atoms with Crippen molar-refractivity contribution in [1.82, 2.24) is 4.98 Å². The molecule has 108 valence electrons. The van der Waals surface area contributed by atoms with Gasteiger partial charge in [0.05, 0.1) is 5.25 Å². The lowest BCUT2D eigenvalue weighted by Crippen LogP contribution is -1.97. The Balaban J connectivity index is 2.04. The highest BCUT2D eigenvalue weighted by Gasteiger charge is 2.18. The Morgan fingerprint density at radius 2 is 1.86 bits per heavy atom. The van der Waals surface area contributed by atoms with E-state index in [0.717, 1.165) is 10.8 Å². The molecule has 0 saturated carbocycles. The van der Waals surface area contributed by atoms with E-state index in [4.69, 9.17) is 11.6 Å². The van der Waals surface area contributed by atoms with Crippen molar-refractivity contribution in [2.24, 2.45) is 0 Å². The Hall–Kier alpha value is -1.38. The van der Waals surface area contributed by atoms with E-state index in [9.17, 15) is 0 Å². The number of halogens is 1. The van der Waals surface area contributed by atoms with Gasteiger partial charge in [0, 0.05) is 22.1 Å². The second-order valence-corrected chi connectivity index (χ2v) is 6.74. The Kier molecular flexibility index (Phi) is 4.57. The van der Waals surface area contributed by atoms with Crippen LogP contribution in [0, 0.1) is 0 Å². The zero-order chi connectivity index (χ0) is 14.7. The Bertz CT molecular complexity index is 717. The number of aromatic nitrogens is 1. The van der Waals surface area contributed by atoms with Crippen LogP contribution in [0.4, 0.5) is 0 Å². The molecule has 0 aliphatic rings. The summed E-state index contributed by atoms with van der Waals surface area (Å²) >= 11 is 8.02. The smallest absolute Gasteiger partial charge is 0.0567 e. The van der Waals surface area contributed by atoms with E-state index in [2.05, 4.69) is 54.5 Å². The molecule has 1 nitrogen and oxygen atoms in total. The first-order valence-electron chi connectivity index (χ1n) is 7.22. The zero-order valence-electron chi connectivity index (χ0n) is 12.0. The van der Waals surface area contributed by atoms with E-state index in [1.54, 1.807) is 0 Å². The number of H-pyrrole nitrogens is 1. The quantitative estimate of drug-likeness (QED) is 0.605. The molecule has 0 aliphatic heterocycles. The van der Waals surface area contributed by atoms with Gasteiger partial charge < -0.3 is 4.98 Å². The maximum Gasteiger partial charge on any atom is 0.0567 e. The fourth-order valence-corrected chi connectivity index (χ4v) is 3.87. The molecule has 1 aromatic heterocycles. The van der Waals surface area contributed by atoms with Crippen LogP contribution < -0.4 is 0 Å². The van der Waals surface area contributed by atoms with Crippen molar-refractivity contribution in [2.75, 3.05) is 5.75 Å². The summed E-state index contributed by atoms with van der Waals surface area (Å²) in [6, 6.07) is 16.7. The molecule has 1 atom stereocenters. The van der Waals surface area contributed by atoms with Gasteiger partial charge in [-0.05, 0) is 41.5 Å². The minimum absolute atomic E-state index is 0.346. The largest absolute Gasteiger partial charge is 0.361 e. The molecule has 3 heteroatoms. The predicted molar refractivity (Wildman–Crippen MR) is 94.3 cm³/mol. The number of thioether (sulfide) groups is 1. The first-order valence-corrected chi connectivity index (χ1v) is 8.65. The van der Waals surface area contributed by atoms with Gasteiger partial charge in [0.2, 0.25) is 0 Å². The SMILES string of the molecule is CCCSC(c1ccc(Cl)cc1)c1c[nH]c2ccccc12. The van der Waals surface area contributed by atoms with Gasteiger partial charge in [-0.25, -0.2) is 0 Å². The predicted octanol–water partition coefficient (Wildman–Crippen LogP) is 6.05. The van der Waals surface area contributed by atoms with E-state index in [-0.39, 0.29) is 0 Å². The van der Waals surface area contributed by atoms with Gasteiger partial charge in [0.1, 0.15) is 0 Å². The summed E-state index contributed by atoms with van der Waals surface area (Å²) in [6.07, 6.45) is 3.32. The highest BCUT2D eigenvalue weighted by Crippen LogP contribution is 2.39. The molecule has 3 aromatic rings. The van der Waals surface area contributed by atoms with Crippen LogP contribution in [0.1, 0.15) is 29.7 Å². The lowest BCUT2D eigenvalue weighted by Gasteiger charge is -2.16. The second-order valence-electron chi connectivity index (χ2n) is 5.09. The van der Waals surface area contributed by atoms with E-state index in [0.29, 0.717) is 5.25 Å². The Morgan fingerprint density at radius 3 is 2.62 bits per heavy atom. The van der Waals surface area contributed by atoms with Crippen LogP contribution in [0.2, 0.25) is 5.02 Å². The number of para-hydroxylation sites is 1. The molecule has 1 unspecified atom stereocenters. The average Bonchev–Trinajstić information content (AvgIpc) is 2.93. The zero-order valence-corrected chi connectivity index (χ0v) is 13.5. The highest BCUT2D eigenvalue weighted by atomic mass is 35.5. The summed E-state index contributed by atoms with van der Waals surface area (Å²) in [4.78, 5) is 3.39. The van der Waals surface area contributed by atoms with Crippen molar-refractivity contribution >= 4 is 34.3 Å². The first-order chi connectivity index (χ1) is 10.3. The van der Waals surface area contributed by atoms with Crippen LogP contribution >= 0.6 is 23.4 Å². The van der Waals surface area contributed by atoms with E-state index >= 15 is 0 Å². The van der Waals surface area contributed by atoms with Crippen molar-refractivity contribution in [3.05, 3.63) is 70.9 Å².